The Morgan fingerprint density at radius 2 is 1.54 bits per heavy atom. The third-order valence-electron chi connectivity index (χ3n) is 15.1. The molecule has 6 aliphatic heterocycles. The summed E-state index contributed by atoms with van der Waals surface area (Å²) >= 11 is 0. The Bertz CT molecular complexity index is 1390. The van der Waals surface area contributed by atoms with E-state index in [4.69, 9.17) is 37.9 Å². The normalized spacial score (nSPS) is 50.4. The molecule has 2 N–H and O–H groups in total. The fraction of sp³-hybridized carbons (Fsp3) is 0.955. The molecule has 12 heteroatoms. The van der Waals surface area contributed by atoms with Crippen LogP contribution in [0.5, 0.6) is 0 Å². The van der Waals surface area contributed by atoms with E-state index < -0.39 is 34.7 Å². The number of ether oxygens (including phenoxy) is 8. The molecule has 1 spiro atoms. The smallest absolute Gasteiger partial charge is 0.308 e. The molecule has 0 aromatic heterocycles. The molecule has 6 fully saturated rings. The number of rotatable bonds is 11. The van der Waals surface area contributed by atoms with Crippen LogP contribution in [0, 0.1) is 47.3 Å². The summed E-state index contributed by atoms with van der Waals surface area (Å²) in [6, 6.07) is 0. The molecule has 56 heavy (non-hydrogen) atoms. The molecule has 12 nitrogen and oxygen atoms in total. The third-order valence-corrected chi connectivity index (χ3v) is 15.1. The Balaban J connectivity index is 1.12. The molecule has 0 aromatic carbocycles. The molecule has 19 atom stereocenters. The van der Waals surface area contributed by atoms with Crippen LogP contribution in [0.4, 0.5) is 0 Å². The van der Waals surface area contributed by atoms with Gasteiger partial charge in [0.05, 0.1) is 71.9 Å². The maximum absolute atomic E-state index is 12.3. The Morgan fingerprint density at radius 1 is 0.821 bits per heavy atom. The van der Waals surface area contributed by atoms with Crippen LogP contribution in [-0.4, -0.2) is 107 Å². The third kappa shape index (κ3) is 8.35. The van der Waals surface area contributed by atoms with Crippen LogP contribution in [0.2, 0.25) is 0 Å². The minimum Gasteiger partial charge on any atom is -0.481 e. The standard InChI is InChI=1S/C44H74O12/c1-23(2)40(47)50-22-43(48)27(6)17-25(4)37(55-43)34-18-26(5)38(52-34)41(10)16-15-35(54-41)42(11)21-28(7)44(56-42)30(9)33(49-12)20-32(53-44)19-31-14-13-24(3)36(51-31)29(8)39(45)46/h23-38,48H,13-22H2,1-12H3,(H,45,46)/t24-,25-,26-,27+,28+,29+,30+,31+,32+,33+,34+,35+,36+,37-,38+,41-,42-,43-,44?/m0/s1. The molecule has 0 aliphatic carbocycles. The topological polar surface area (TPSA) is 148 Å². The summed E-state index contributed by atoms with van der Waals surface area (Å²) in [5, 5.41) is 21.3. The minimum atomic E-state index is -1.57. The lowest BCUT2D eigenvalue weighted by Crippen LogP contribution is -2.58. The molecule has 0 saturated carbocycles. The highest BCUT2D eigenvalue weighted by molar-refractivity contribution is 5.71. The largest absolute Gasteiger partial charge is 0.481 e. The number of aliphatic hydroxyl groups is 1. The molecule has 1 unspecified atom stereocenters. The molecule has 6 saturated heterocycles. The van der Waals surface area contributed by atoms with E-state index in [1.165, 1.54) is 0 Å². The average molecular weight is 795 g/mol. The highest BCUT2D eigenvalue weighted by atomic mass is 16.7. The predicted octanol–water partition coefficient (Wildman–Crippen LogP) is 6.91. The van der Waals surface area contributed by atoms with Crippen molar-refractivity contribution < 1.29 is 57.7 Å². The van der Waals surface area contributed by atoms with Crippen molar-refractivity contribution in [2.45, 2.75) is 206 Å². The molecule has 6 heterocycles. The summed E-state index contributed by atoms with van der Waals surface area (Å²) in [5.41, 5.74) is -1.15. The van der Waals surface area contributed by atoms with E-state index in [2.05, 4.69) is 48.5 Å². The lowest BCUT2D eigenvalue weighted by molar-refractivity contribution is -0.353. The lowest BCUT2D eigenvalue weighted by atomic mass is 9.78. The monoisotopic (exact) mass is 795 g/mol. The van der Waals surface area contributed by atoms with Crippen LogP contribution in [-0.2, 0) is 47.5 Å². The number of carbonyl (C=O) groups excluding carboxylic acids is 1. The second-order valence-electron chi connectivity index (χ2n) is 20.0. The van der Waals surface area contributed by atoms with Crippen molar-refractivity contribution >= 4 is 11.9 Å². The second kappa shape index (κ2) is 16.6. The summed E-state index contributed by atoms with van der Waals surface area (Å²) in [6.45, 7) is 22.2. The molecule has 0 radical (unpaired) electrons. The molecule has 6 aliphatic rings. The van der Waals surface area contributed by atoms with E-state index >= 15 is 0 Å². The van der Waals surface area contributed by atoms with Gasteiger partial charge in [-0.05, 0) is 83.5 Å². The SMILES string of the molecule is CO[C@@H]1C[C@@H](C[C@H]2CC[C@H](C)[C@H]([C@@H](C)C(=O)O)O2)OC2(O[C@](C)([C@H]3CC[C@@](C)([C@@H]4O[C@@H]([C@H]5O[C@@](O)(COC(=O)C(C)C)[C@H](C)C[C@@H]5C)C[C@@H]4C)O3)C[C@H]2C)[C@@H]1C. The van der Waals surface area contributed by atoms with Crippen LogP contribution < -0.4 is 0 Å². The Hall–Kier alpha value is -1.38. The van der Waals surface area contributed by atoms with E-state index in [9.17, 15) is 19.8 Å². The fourth-order valence-corrected chi connectivity index (χ4v) is 11.6. The van der Waals surface area contributed by atoms with E-state index in [0.717, 1.165) is 51.4 Å². The number of carboxylic acids is 1. The zero-order chi connectivity index (χ0) is 41.1. The van der Waals surface area contributed by atoms with Gasteiger partial charge in [-0.25, -0.2) is 0 Å². The number of carboxylic acid groups (broad SMARTS) is 1. The van der Waals surface area contributed by atoms with Crippen molar-refractivity contribution in [3.63, 3.8) is 0 Å². The van der Waals surface area contributed by atoms with Gasteiger partial charge in [0, 0.05) is 37.7 Å². The minimum absolute atomic E-state index is 0.0212. The zero-order valence-electron chi connectivity index (χ0n) is 36.3. The molecule has 322 valence electrons. The summed E-state index contributed by atoms with van der Waals surface area (Å²) in [7, 11) is 1.77. The first-order valence-electron chi connectivity index (χ1n) is 21.8. The average Bonchev–Trinajstić information content (AvgIpc) is 3.81. The number of carbonyl (C=O) groups is 2. The summed E-state index contributed by atoms with van der Waals surface area (Å²) in [6.07, 6.45) is 5.53. The maximum Gasteiger partial charge on any atom is 0.308 e. The van der Waals surface area contributed by atoms with Gasteiger partial charge >= 0.3 is 11.9 Å². The van der Waals surface area contributed by atoms with Gasteiger partial charge in [-0.15, -0.1) is 0 Å². The number of aliphatic carboxylic acids is 1. The first-order chi connectivity index (χ1) is 26.1. The lowest BCUT2D eigenvalue weighted by Gasteiger charge is -2.50. The fourth-order valence-electron chi connectivity index (χ4n) is 11.6. The molecule has 6 rings (SSSR count). The first kappa shape index (κ1) is 44.2. The van der Waals surface area contributed by atoms with Gasteiger partial charge in [-0.3, -0.25) is 9.59 Å². The van der Waals surface area contributed by atoms with Crippen molar-refractivity contribution in [2.75, 3.05) is 13.7 Å². The summed E-state index contributed by atoms with van der Waals surface area (Å²) < 4.78 is 53.0. The van der Waals surface area contributed by atoms with Crippen molar-refractivity contribution in [3.8, 4) is 0 Å². The maximum atomic E-state index is 12.3. The van der Waals surface area contributed by atoms with E-state index in [1.54, 1.807) is 27.9 Å². The molecule has 0 bridgehead atoms. The van der Waals surface area contributed by atoms with Gasteiger partial charge in [0.15, 0.2) is 5.79 Å². The quantitative estimate of drug-likeness (QED) is 0.210. The van der Waals surface area contributed by atoms with Crippen LogP contribution in [0.25, 0.3) is 0 Å². The summed E-state index contributed by atoms with van der Waals surface area (Å²) in [4.78, 5) is 24.1. The molecule has 0 amide bonds. The van der Waals surface area contributed by atoms with Gasteiger partial charge in [0.2, 0.25) is 5.79 Å². The van der Waals surface area contributed by atoms with Gasteiger partial charge in [0.1, 0.15) is 6.61 Å². The van der Waals surface area contributed by atoms with E-state index in [1.807, 2.05) is 6.92 Å². The highest BCUT2D eigenvalue weighted by Gasteiger charge is 2.65. The van der Waals surface area contributed by atoms with E-state index in [-0.39, 0.29) is 103 Å². The number of hydrogen-bond donors (Lipinski definition) is 2. The number of esters is 1. The Morgan fingerprint density at radius 3 is 2.20 bits per heavy atom. The molecular formula is C44H74O12. The van der Waals surface area contributed by atoms with Crippen molar-refractivity contribution in [1.82, 2.24) is 0 Å². The second-order valence-corrected chi connectivity index (χ2v) is 20.0. The van der Waals surface area contributed by atoms with Crippen molar-refractivity contribution in [2.24, 2.45) is 47.3 Å². The highest BCUT2D eigenvalue weighted by Crippen LogP contribution is 2.57. The van der Waals surface area contributed by atoms with Crippen molar-refractivity contribution in [3.05, 3.63) is 0 Å². The van der Waals surface area contributed by atoms with Crippen LogP contribution in [0.3, 0.4) is 0 Å². The van der Waals surface area contributed by atoms with Crippen molar-refractivity contribution in [1.29, 1.82) is 0 Å². The number of methoxy groups -OCH3 is 1. The van der Waals surface area contributed by atoms with Crippen LogP contribution in [0.15, 0.2) is 0 Å². The first-order valence-corrected chi connectivity index (χ1v) is 21.8. The Kier molecular flexibility index (Phi) is 13.1. The van der Waals surface area contributed by atoms with E-state index in [0.29, 0.717) is 6.42 Å². The van der Waals surface area contributed by atoms with Crippen LogP contribution >= 0.6 is 0 Å². The van der Waals surface area contributed by atoms with Crippen LogP contribution in [0.1, 0.15) is 134 Å². The van der Waals surface area contributed by atoms with Gasteiger partial charge in [-0.2, -0.15) is 0 Å². The zero-order valence-corrected chi connectivity index (χ0v) is 36.3. The number of hydrogen-bond acceptors (Lipinski definition) is 11. The molecule has 0 aromatic rings. The van der Waals surface area contributed by atoms with Gasteiger partial charge in [0.25, 0.3) is 0 Å². The van der Waals surface area contributed by atoms with Gasteiger partial charge < -0.3 is 48.1 Å². The molecular weight excluding hydrogens is 720 g/mol. The van der Waals surface area contributed by atoms with Gasteiger partial charge in [-0.1, -0.05) is 55.4 Å². The predicted molar refractivity (Wildman–Crippen MR) is 207 cm³/mol. The Labute approximate surface area is 335 Å². The summed E-state index contributed by atoms with van der Waals surface area (Å²) in [5.74, 6) is -4.11.